The minimum Gasteiger partial charge on any atom is -0.482 e. The lowest BCUT2D eigenvalue weighted by molar-refractivity contribution is -0.118. The molecule has 4 rings (SSSR count). The van der Waals surface area contributed by atoms with Crippen molar-refractivity contribution in [2.24, 2.45) is 0 Å². The third-order valence-electron chi connectivity index (χ3n) is 5.02. The van der Waals surface area contributed by atoms with Gasteiger partial charge in [0.1, 0.15) is 11.3 Å². The number of carbonyl (C=O) groups excluding carboxylic acids is 1. The van der Waals surface area contributed by atoms with Gasteiger partial charge in [-0.1, -0.05) is 29.3 Å². The number of aryl methyl sites for hydroxylation is 3. The van der Waals surface area contributed by atoms with Crippen LogP contribution in [0.25, 0.3) is 22.6 Å². The average Bonchev–Trinajstić information content (AvgIpc) is 3.12. The maximum absolute atomic E-state index is 12.4. The van der Waals surface area contributed by atoms with Gasteiger partial charge in [-0.25, -0.2) is 4.98 Å². The normalized spacial score (nSPS) is 11.0. The summed E-state index contributed by atoms with van der Waals surface area (Å²) in [5.74, 6) is 0.582. The van der Waals surface area contributed by atoms with E-state index in [1.54, 1.807) is 18.2 Å². The number of anilines is 1. The highest BCUT2D eigenvalue weighted by Gasteiger charge is 2.13. The summed E-state index contributed by atoms with van der Waals surface area (Å²) in [5.41, 5.74) is 6.18. The lowest BCUT2D eigenvalue weighted by Crippen LogP contribution is -2.20. The summed E-state index contributed by atoms with van der Waals surface area (Å²) in [5, 5.41) is 3.72. The minimum absolute atomic E-state index is 0.188. The first-order valence-electron chi connectivity index (χ1n) is 9.66. The molecular formula is C24H20Cl2N2O3. The SMILES string of the molecule is Cc1cc2nc(-c3ccc(C)c(NC(=O)COc4ccc(Cl)cc4Cl)c3)oc2cc1C. The molecule has 4 aromatic rings. The second-order valence-electron chi connectivity index (χ2n) is 7.36. The number of ether oxygens (including phenoxy) is 1. The van der Waals surface area contributed by atoms with Crippen molar-refractivity contribution in [3.8, 4) is 17.2 Å². The van der Waals surface area contributed by atoms with E-state index in [-0.39, 0.29) is 12.5 Å². The second kappa shape index (κ2) is 8.61. The van der Waals surface area contributed by atoms with E-state index in [1.165, 1.54) is 0 Å². The lowest BCUT2D eigenvalue weighted by Gasteiger charge is -2.11. The number of hydrogen-bond acceptors (Lipinski definition) is 4. The molecule has 0 aliphatic carbocycles. The number of benzene rings is 3. The molecule has 1 amide bonds. The second-order valence-corrected chi connectivity index (χ2v) is 8.21. The van der Waals surface area contributed by atoms with E-state index in [9.17, 15) is 4.79 Å². The van der Waals surface area contributed by atoms with Crippen LogP contribution in [0.1, 0.15) is 16.7 Å². The van der Waals surface area contributed by atoms with Crippen LogP contribution in [-0.4, -0.2) is 17.5 Å². The summed E-state index contributed by atoms with van der Waals surface area (Å²) < 4.78 is 11.5. The Kier molecular flexibility index (Phi) is 5.90. The number of halogens is 2. The first-order chi connectivity index (χ1) is 14.8. The molecule has 1 heterocycles. The highest BCUT2D eigenvalue weighted by molar-refractivity contribution is 6.35. The number of carbonyl (C=O) groups is 1. The fraction of sp³-hybridized carbons (Fsp3) is 0.167. The van der Waals surface area contributed by atoms with E-state index >= 15 is 0 Å². The number of nitrogens with zero attached hydrogens (tertiary/aromatic N) is 1. The van der Waals surface area contributed by atoms with Crippen LogP contribution >= 0.6 is 23.2 Å². The van der Waals surface area contributed by atoms with Crippen LogP contribution < -0.4 is 10.1 Å². The molecule has 0 fully saturated rings. The molecule has 1 N–H and O–H groups in total. The molecule has 3 aromatic carbocycles. The Morgan fingerprint density at radius 1 is 1.00 bits per heavy atom. The standard InChI is InChI=1S/C24H20Cl2N2O3/c1-13-4-5-16(24-28-20-8-14(2)15(3)9-22(20)31-24)10-19(13)27-23(29)12-30-21-7-6-17(25)11-18(21)26/h4-11H,12H2,1-3H3,(H,27,29). The third kappa shape index (κ3) is 4.68. The summed E-state index contributed by atoms with van der Waals surface area (Å²) in [4.78, 5) is 17.0. The van der Waals surface area contributed by atoms with E-state index in [0.29, 0.717) is 27.4 Å². The van der Waals surface area contributed by atoms with Crippen molar-refractivity contribution < 1.29 is 13.9 Å². The summed E-state index contributed by atoms with van der Waals surface area (Å²) >= 11 is 12.0. The molecule has 0 saturated carbocycles. The highest BCUT2D eigenvalue weighted by Crippen LogP contribution is 2.30. The van der Waals surface area contributed by atoms with Crippen molar-refractivity contribution >= 4 is 45.9 Å². The predicted molar refractivity (Wildman–Crippen MR) is 124 cm³/mol. The monoisotopic (exact) mass is 454 g/mol. The van der Waals surface area contributed by atoms with Crippen molar-refractivity contribution in [1.82, 2.24) is 4.98 Å². The van der Waals surface area contributed by atoms with Crippen molar-refractivity contribution in [2.45, 2.75) is 20.8 Å². The molecule has 0 spiro atoms. The topological polar surface area (TPSA) is 64.4 Å². The van der Waals surface area contributed by atoms with E-state index in [0.717, 1.165) is 33.4 Å². The molecule has 0 unspecified atom stereocenters. The van der Waals surface area contributed by atoms with E-state index in [1.807, 2.05) is 51.1 Å². The number of aromatic nitrogens is 1. The predicted octanol–water partition coefficient (Wildman–Crippen LogP) is 6.74. The molecule has 5 nitrogen and oxygen atoms in total. The smallest absolute Gasteiger partial charge is 0.262 e. The zero-order valence-electron chi connectivity index (χ0n) is 17.3. The van der Waals surface area contributed by atoms with Crippen LogP contribution in [0.3, 0.4) is 0 Å². The number of rotatable bonds is 5. The molecule has 158 valence electrons. The third-order valence-corrected chi connectivity index (χ3v) is 5.55. The molecule has 0 aliphatic heterocycles. The van der Waals surface area contributed by atoms with Gasteiger partial charge < -0.3 is 14.5 Å². The van der Waals surface area contributed by atoms with Gasteiger partial charge in [0.25, 0.3) is 5.91 Å². The van der Waals surface area contributed by atoms with Gasteiger partial charge in [-0.3, -0.25) is 4.79 Å². The first kappa shape index (κ1) is 21.2. The van der Waals surface area contributed by atoms with E-state index < -0.39 is 0 Å². The van der Waals surface area contributed by atoms with Crippen LogP contribution in [0.4, 0.5) is 5.69 Å². The number of oxazole rings is 1. The molecule has 1 aromatic heterocycles. The maximum Gasteiger partial charge on any atom is 0.262 e. The number of hydrogen-bond donors (Lipinski definition) is 1. The highest BCUT2D eigenvalue weighted by atomic mass is 35.5. The molecule has 0 bridgehead atoms. The largest absolute Gasteiger partial charge is 0.482 e. The average molecular weight is 455 g/mol. The zero-order chi connectivity index (χ0) is 22.1. The molecule has 0 saturated heterocycles. The Hall–Kier alpha value is -3.02. The molecule has 0 aliphatic rings. The lowest BCUT2D eigenvalue weighted by atomic mass is 10.1. The summed E-state index contributed by atoms with van der Waals surface area (Å²) in [6.45, 7) is 5.80. The quantitative estimate of drug-likeness (QED) is 0.362. The van der Waals surface area contributed by atoms with Crippen LogP contribution in [-0.2, 0) is 4.79 Å². The summed E-state index contributed by atoms with van der Waals surface area (Å²) in [7, 11) is 0. The van der Waals surface area contributed by atoms with Gasteiger partial charge in [-0.15, -0.1) is 0 Å². The fourth-order valence-corrected chi connectivity index (χ4v) is 3.58. The van der Waals surface area contributed by atoms with Gasteiger partial charge in [-0.2, -0.15) is 0 Å². The summed E-state index contributed by atoms with van der Waals surface area (Å²) in [6.07, 6.45) is 0. The van der Waals surface area contributed by atoms with Crippen molar-refractivity contribution in [2.75, 3.05) is 11.9 Å². The number of fused-ring (bicyclic) bond motifs is 1. The zero-order valence-corrected chi connectivity index (χ0v) is 18.8. The Bertz CT molecular complexity index is 1260. The Balaban J connectivity index is 1.52. The molecule has 0 radical (unpaired) electrons. The van der Waals surface area contributed by atoms with E-state index in [4.69, 9.17) is 32.4 Å². The fourth-order valence-electron chi connectivity index (χ4n) is 3.11. The number of nitrogens with one attached hydrogen (secondary N) is 1. The Morgan fingerprint density at radius 3 is 2.55 bits per heavy atom. The molecule has 7 heteroatoms. The van der Waals surface area contributed by atoms with Crippen molar-refractivity contribution in [1.29, 1.82) is 0 Å². The van der Waals surface area contributed by atoms with Crippen molar-refractivity contribution in [3.05, 3.63) is 75.3 Å². The molecular weight excluding hydrogens is 435 g/mol. The molecule has 0 atom stereocenters. The Labute approximate surface area is 189 Å². The van der Waals surface area contributed by atoms with Gasteiger partial charge in [0.2, 0.25) is 5.89 Å². The van der Waals surface area contributed by atoms with Gasteiger partial charge in [0.15, 0.2) is 12.2 Å². The minimum atomic E-state index is -0.310. The summed E-state index contributed by atoms with van der Waals surface area (Å²) in [6, 6.07) is 14.5. The van der Waals surface area contributed by atoms with Crippen LogP contribution in [0, 0.1) is 20.8 Å². The molecule has 31 heavy (non-hydrogen) atoms. The first-order valence-corrected chi connectivity index (χ1v) is 10.4. The maximum atomic E-state index is 12.4. The van der Waals surface area contributed by atoms with Gasteiger partial charge in [-0.05, 0) is 79.9 Å². The van der Waals surface area contributed by atoms with Crippen LogP contribution in [0.15, 0.2) is 52.9 Å². The van der Waals surface area contributed by atoms with Gasteiger partial charge in [0, 0.05) is 16.3 Å². The Morgan fingerprint density at radius 2 is 1.77 bits per heavy atom. The number of amides is 1. The van der Waals surface area contributed by atoms with Crippen LogP contribution in [0.5, 0.6) is 5.75 Å². The van der Waals surface area contributed by atoms with E-state index in [2.05, 4.69) is 10.3 Å². The van der Waals surface area contributed by atoms with Gasteiger partial charge >= 0.3 is 0 Å². The van der Waals surface area contributed by atoms with Gasteiger partial charge in [0.05, 0.1) is 5.02 Å². The van der Waals surface area contributed by atoms with Crippen LogP contribution in [0.2, 0.25) is 10.0 Å². The van der Waals surface area contributed by atoms with Crippen molar-refractivity contribution in [3.63, 3.8) is 0 Å².